The van der Waals surface area contributed by atoms with Crippen LogP contribution in [0.5, 0.6) is 0 Å². The molecule has 20 nitrogen and oxygen atoms in total. The molecule has 0 aliphatic rings. The number of carbonyl (C=O) groups excluding carboxylic acids is 7. The molecule has 20 heteroatoms. The number of hydrogen-bond acceptors (Lipinski definition) is 11. The molecule has 0 spiro atoms. The molecule has 2 aromatic heterocycles. The van der Waals surface area contributed by atoms with E-state index in [4.69, 9.17) is 11.5 Å². The van der Waals surface area contributed by atoms with Gasteiger partial charge in [-0.15, -0.1) is 0 Å². The molecule has 1 aromatic carbocycles. The number of primary amides is 1. The molecule has 13 N–H and O–H groups in total. The summed E-state index contributed by atoms with van der Waals surface area (Å²) in [5, 5.41) is 28.3. The van der Waals surface area contributed by atoms with Crippen LogP contribution in [0.25, 0.3) is 0 Å². The van der Waals surface area contributed by atoms with Gasteiger partial charge in [0, 0.05) is 44.0 Å². The predicted molar refractivity (Wildman–Crippen MR) is 243 cm³/mol. The van der Waals surface area contributed by atoms with Crippen molar-refractivity contribution >= 4 is 41.4 Å². The second-order valence-electron chi connectivity index (χ2n) is 17.3. The van der Waals surface area contributed by atoms with Crippen LogP contribution in [-0.4, -0.2) is 116 Å². The number of aliphatic hydroxyl groups excluding tert-OH is 1. The minimum Gasteiger partial charge on any atom is -0.391 e. The van der Waals surface area contributed by atoms with Crippen molar-refractivity contribution in [1.82, 2.24) is 51.8 Å². The third-order valence-electron chi connectivity index (χ3n) is 11.2. The van der Waals surface area contributed by atoms with Gasteiger partial charge >= 0.3 is 0 Å². The summed E-state index contributed by atoms with van der Waals surface area (Å²) in [6, 6.07) is 3.59. The summed E-state index contributed by atoms with van der Waals surface area (Å²) < 4.78 is 0. The average molecular weight is 907 g/mol. The van der Waals surface area contributed by atoms with Crippen molar-refractivity contribution in [3.05, 3.63) is 72.3 Å². The van der Waals surface area contributed by atoms with E-state index in [1.54, 1.807) is 43.6 Å². The fraction of sp³-hybridized carbons (Fsp3) is 0.578. The normalized spacial score (nSPS) is 15.0. The van der Waals surface area contributed by atoms with E-state index >= 15 is 0 Å². The molecule has 8 atom stereocenters. The Morgan fingerprint density at radius 3 is 1.83 bits per heavy atom. The summed E-state index contributed by atoms with van der Waals surface area (Å²) in [6.07, 6.45) is 6.16. The first-order valence-electron chi connectivity index (χ1n) is 22.4. The Labute approximate surface area is 380 Å². The Morgan fingerprint density at radius 2 is 1.29 bits per heavy atom. The molecule has 358 valence electrons. The monoisotopic (exact) mass is 907 g/mol. The van der Waals surface area contributed by atoms with Crippen LogP contribution >= 0.6 is 0 Å². The number of aromatic amines is 2. The van der Waals surface area contributed by atoms with Crippen molar-refractivity contribution < 1.29 is 38.7 Å². The van der Waals surface area contributed by atoms with E-state index in [2.05, 4.69) is 51.8 Å². The van der Waals surface area contributed by atoms with Gasteiger partial charge in [0.1, 0.15) is 24.2 Å². The van der Waals surface area contributed by atoms with E-state index in [9.17, 15) is 38.7 Å². The molecule has 65 heavy (non-hydrogen) atoms. The summed E-state index contributed by atoms with van der Waals surface area (Å²) in [6.45, 7) is 11.1. The van der Waals surface area contributed by atoms with Gasteiger partial charge in [0.25, 0.3) is 0 Å². The van der Waals surface area contributed by atoms with Crippen LogP contribution in [0, 0.1) is 23.7 Å². The third-order valence-corrected chi connectivity index (χ3v) is 11.2. The Hall–Kier alpha value is -6.15. The maximum atomic E-state index is 14.3. The average Bonchev–Trinajstić information content (AvgIpc) is 3.99. The molecule has 0 bridgehead atoms. The number of rotatable bonds is 29. The lowest BCUT2D eigenvalue weighted by Gasteiger charge is -2.32. The molecule has 3 aromatic rings. The summed E-state index contributed by atoms with van der Waals surface area (Å²) in [7, 11) is 0. The van der Waals surface area contributed by atoms with E-state index in [0.717, 1.165) is 5.56 Å². The second-order valence-corrected chi connectivity index (χ2v) is 17.3. The van der Waals surface area contributed by atoms with Crippen molar-refractivity contribution in [2.24, 2.45) is 35.1 Å². The standard InChI is InChI=1S/C45H70N12O8/c1-7-28(6)40(45(65)55-34(41(47)61)18-30-21-48-24-51-30)57-42(62)32(27(4)5)20-37(58)33(16-26(2)3)54-44(64)36(19-31-22-49-25-52-31)56-43(63)35(17-29-12-9-8-10-13-29)53-39(60)23-50-38(59)14-11-15-46/h8-10,12-13,21-22,24-28,32-37,40,58H,7,11,14-20,23,46H2,1-6H3,(H2,47,61)(H,48,51)(H,49,52)(H,50,59)(H,53,60)(H,54,64)(H,55,65)(H,56,63)(H,57,62)/t28-,32-,33-,34-,35-,36-,37-,40-/m0/s1. The van der Waals surface area contributed by atoms with Crippen LogP contribution in [0.4, 0.5) is 0 Å². The quantitative estimate of drug-likeness (QED) is 0.0442. The Bertz CT molecular complexity index is 1940. The van der Waals surface area contributed by atoms with E-state index in [1.807, 2.05) is 40.7 Å². The molecule has 0 saturated heterocycles. The maximum absolute atomic E-state index is 14.3. The zero-order chi connectivity index (χ0) is 48.1. The van der Waals surface area contributed by atoms with Crippen molar-refractivity contribution in [2.75, 3.05) is 13.1 Å². The predicted octanol–water partition coefficient (Wildman–Crippen LogP) is 0.0405. The number of nitrogens with one attached hydrogen (secondary N) is 8. The number of imidazole rings is 2. The van der Waals surface area contributed by atoms with Crippen molar-refractivity contribution in [3.63, 3.8) is 0 Å². The first-order chi connectivity index (χ1) is 30.9. The van der Waals surface area contributed by atoms with Gasteiger partial charge in [-0.3, -0.25) is 33.6 Å². The van der Waals surface area contributed by atoms with Gasteiger partial charge in [0.05, 0.1) is 42.7 Å². The second kappa shape index (κ2) is 27.2. The smallest absolute Gasteiger partial charge is 0.243 e. The molecule has 0 saturated carbocycles. The summed E-state index contributed by atoms with van der Waals surface area (Å²) >= 11 is 0. The summed E-state index contributed by atoms with van der Waals surface area (Å²) in [5.41, 5.74) is 12.8. The van der Waals surface area contributed by atoms with Gasteiger partial charge in [-0.2, -0.15) is 0 Å². The van der Waals surface area contributed by atoms with Gasteiger partial charge in [-0.1, -0.05) is 78.3 Å². The summed E-state index contributed by atoms with van der Waals surface area (Å²) in [4.78, 5) is 108. The van der Waals surface area contributed by atoms with Crippen molar-refractivity contribution in [3.8, 4) is 0 Å². The molecule has 0 aliphatic carbocycles. The number of aromatic nitrogens is 4. The van der Waals surface area contributed by atoms with Gasteiger partial charge in [-0.05, 0) is 49.1 Å². The molecule has 2 heterocycles. The van der Waals surface area contributed by atoms with E-state index in [-0.39, 0.29) is 62.3 Å². The first kappa shape index (κ1) is 53.2. The number of aliphatic hydroxyl groups is 1. The highest BCUT2D eigenvalue weighted by Crippen LogP contribution is 2.23. The van der Waals surface area contributed by atoms with Gasteiger partial charge in [0.2, 0.25) is 41.4 Å². The number of hydrogen-bond donors (Lipinski definition) is 11. The Kier molecular flexibility index (Phi) is 22.3. The van der Waals surface area contributed by atoms with Crippen LogP contribution in [-0.2, 0) is 52.8 Å². The Balaban J connectivity index is 1.82. The van der Waals surface area contributed by atoms with Crippen LogP contribution in [0.1, 0.15) is 90.6 Å². The van der Waals surface area contributed by atoms with Gasteiger partial charge in [-0.25, -0.2) is 9.97 Å². The third kappa shape index (κ3) is 18.5. The highest BCUT2D eigenvalue weighted by atomic mass is 16.3. The minimum absolute atomic E-state index is 0.0277. The number of nitrogens with two attached hydrogens (primary N) is 2. The fourth-order valence-electron chi connectivity index (χ4n) is 7.20. The molecular weight excluding hydrogens is 837 g/mol. The number of benzene rings is 1. The Morgan fingerprint density at radius 1 is 0.708 bits per heavy atom. The first-order valence-corrected chi connectivity index (χ1v) is 22.4. The summed E-state index contributed by atoms with van der Waals surface area (Å²) in [5.74, 6) is -5.66. The number of amides is 7. The zero-order valence-corrected chi connectivity index (χ0v) is 38.4. The molecule has 0 fully saturated rings. The topological polar surface area (TPSA) is 321 Å². The maximum Gasteiger partial charge on any atom is 0.243 e. The number of nitrogens with zero attached hydrogens (tertiary/aromatic N) is 2. The largest absolute Gasteiger partial charge is 0.391 e. The van der Waals surface area contributed by atoms with Crippen LogP contribution in [0.15, 0.2) is 55.4 Å². The lowest BCUT2D eigenvalue weighted by Crippen LogP contribution is -2.58. The fourth-order valence-corrected chi connectivity index (χ4v) is 7.20. The molecule has 7 amide bonds. The van der Waals surface area contributed by atoms with Crippen LogP contribution < -0.4 is 43.4 Å². The van der Waals surface area contributed by atoms with Crippen LogP contribution in [0.2, 0.25) is 0 Å². The van der Waals surface area contributed by atoms with Gasteiger partial charge in [0.15, 0.2) is 0 Å². The lowest BCUT2D eigenvalue weighted by atomic mass is 9.85. The zero-order valence-electron chi connectivity index (χ0n) is 38.4. The number of carbonyl (C=O) groups is 7. The van der Waals surface area contributed by atoms with Crippen molar-refractivity contribution in [1.29, 1.82) is 0 Å². The molecule has 0 aliphatic heterocycles. The molecule has 3 rings (SSSR count). The van der Waals surface area contributed by atoms with E-state index in [0.29, 0.717) is 37.2 Å². The van der Waals surface area contributed by atoms with Crippen LogP contribution in [0.3, 0.4) is 0 Å². The lowest BCUT2D eigenvalue weighted by molar-refractivity contribution is -0.135. The highest BCUT2D eigenvalue weighted by Gasteiger charge is 2.36. The van der Waals surface area contributed by atoms with E-state index in [1.165, 1.54) is 12.7 Å². The highest BCUT2D eigenvalue weighted by molar-refractivity contribution is 5.94. The van der Waals surface area contributed by atoms with Gasteiger partial charge < -0.3 is 58.4 Å². The van der Waals surface area contributed by atoms with E-state index < -0.39 is 77.7 Å². The van der Waals surface area contributed by atoms with Crippen molar-refractivity contribution in [2.45, 2.75) is 129 Å². The molecule has 0 radical (unpaired) electrons. The minimum atomic E-state index is -1.25. The molecule has 0 unspecified atom stereocenters. The molecular formula is C45H70N12O8. The SMILES string of the molecule is CC[C@H](C)[C@H](NC(=O)[C@@H](C[C@H](O)[C@H](CC(C)C)NC(=O)[C@H](Cc1c[nH]cn1)NC(=O)[C@H](Cc1ccccc1)NC(=O)CNC(=O)CCCN)C(C)C)C(=O)N[C@@H](Cc1c[nH]cn1)C(N)=O. The number of H-pyrrole nitrogens is 2.